The maximum absolute atomic E-state index is 13.4. The van der Waals surface area contributed by atoms with Gasteiger partial charge in [-0.25, -0.2) is 0 Å². The van der Waals surface area contributed by atoms with Crippen molar-refractivity contribution in [3.05, 3.63) is 95.6 Å². The highest BCUT2D eigenvalue weighted by Crippen LogP contribution is 2.42. The number of hydrogen-bond acceptors (Lipinski definition) is 3. The summed E-state index contributed by atoms with van der Waals surface area (Å²) in [6.45, 7) is 3.59. The number of benzene rings is 3. The monoisotopic (exact) mass is 409 g/mol. The topological polar surface area (TPSA) is 64.4 Å². The SMILES string of the molecule is CC(=O)N(c1ccccc1)[C@H]1C[C@@H](C)N(C(=O)c2ccc(C#N)cc2)c2ccccc21. The van der Waals surface area contributed by atoms with Gasteiger partial charge in [-0.2, -0.15) is 5.26 Å². The number of amides is 2. The van der Waals surface area contributed by atoms with Crippen LogP contribution in [0.3, 0.4) is 0 Å². The molecule has 0 bridgehead atoms. The zero-order valence-corrected chi connectivity index (χ0v) is 17.5. The predicted molar refractivity (Wildman–Crippen MR) is 121 cm³/mol. The van der Waals surface area contributed by atoms with Crippen molar-refractivity contribution < 1.29 is 9.59 Å². The number of para-hydroxylation sites is 2. The zero-order chi connectivity index (χ0) is 22.0. The average Bonchev–Trinajstić information content (AvgIpc) is 2.79. The molecule has 0 N–H and O–H groups in total. The quantitative estimate of drug-likeness (QED) is 0.605. The summed E-state index contributed by atoms with van der Waals surface area (Å²) in [4.78, 5) is 29.7. The normalized spacial score (nSPS) is 17.4. The van der Waals surface area contributed by atoms with Gasteiger partial charge in [-0.05, 0) is 61.4 Å². The molecule has 0 saturated heterocycles. The largest absolute Gasteiger partial charge is 0.305 e. The Hall–Kier alpha value is -3.91. The van der Waals surface area contributed by atoms with Gasteiger partial charge in [0.2, 0.25) is 5.91 Å². The fourth-order valence-corrected chi connectivity index (χ4v) is 4.33. The summed E-state index contributed by atoms with van der Waals surface area (Å²) < 4.78 is 0. The van der Waals surface area contributed by atoms with E-state index < -0.39 is 0 Å². The Balaban J connectivity index is 1.76. The summed E-state index contributed by atoms with van der Waals surface area (Å²) in [5.41, 5.74) is 3.65. The molecule has 2 amide bonds. The van der Waals surface area contributed by atoms with Crippen LogP contribution in [0.15, 0.2) is 78.9 Å². The van der Waals surface area contributed by atoms with Gasteiger partial charge in [0, 0.05) is 29.9 Å². The molecule has 0 spiro atoms. The highest BCUT2D eigenvalue weighted by Gasteiger charge is 2.38. The van der Waals surface area contributed by atoms with Gasteiger partial charge in [-0.15, -0.1) is 0 Å². The number of hydrogen-bond donors (Lipinski definition) is 0. The number of fused-ring (bicyclic) bond motifs is 1. The second-order valence-electron chi connectivity index (χ2n) is 7.75. The summed E-state index contributed by atoms with van der Waals surface area (Å²) in [5, 5.41) is 9.03. The van der Waals surface area contributed by atoms with Crippen LogP contribution in [0.25, 0.3) is 0 Å². The molecule has 3 aromatic carbocycles. The van der Waals surface area contributed by atoms with Crippen molar-refractivity contribution in [1.29, 1.82) is 5.26 Å². The molecule has 2 atom stereocenters. The zero-order valence-electron chi connectivity index (χ0n) is 17.5. The van der Waals surface area contributed by atoms with E-state index in [0.29, 0.717) is 17.5 Å². The molecule has 1 heterocycles. The van der Waals surface area contributed by atoms with Crippen LogP contribution in [0.4, 0.5) is 11.4 Å². The van der Waals surface area contributed by atoms with Gasteiger partial charge in [-0.3, -0.25) is 9.59 Å². The van der Waals surface area contributed by atoms with Crippen LogP contribution in [0.1, 0.15) is 47.8 Å². The van der Waals surface area contributed by atoms with Gasteiger partial charge in [0.1, 0.15) is 0 Å². The van der Waals surface area contributed by atoms with Crippen LogP contribution in [0, 0.1) is 11.3 Å². The second kappa shape index (κ2) is 8.45. The molecule has 1 aliphatic heterocycles. The Kier molecular flexibility index (Phi) is 5.55. The van der Waals surface area contributed by atoms with Gasteiger partial charge >= 0.3 is 0 Å². The van der Waals surface area contributed by atoms with Crippen LogP contribution >= 0.6 is 0 Å². The molecule has 5 nitrogen and oxygen atoms in total. The standard InChI is InChI=1S/C26H23N3O2/c1-18-16-25(29(19(2)30)22-8-4-3-5-9-22)23-10-6-7-11-24(23)28(18)26(31)21-14-12-20(17-27)13-15-21/h3-15,18,25H,16H2,1-2H3/t18-,25+/m1/s1. The third kappa shape index (κ3) is 3.80. The third-order valence-corrected chi connectivity index (χ3v) is 5.73. The number of carbonyl (C=O) groups is 2. The van der Waals surface area contributed by atoms with E-state index in [1.807, 2.05) is 66.4 Å². The molecule has 5 heteroatoms. The van der Waals surface area contributed by atoms with Gasteiger partial charge < -0.3 is 9.80 Å². The van der Waals surface area contributed by atoms with E-state index in [9.17, 15) is 9.59 Å². The van der Waals surface area contributed by atoms with E-state index in [4.69, 9.17) is 5.26 Å². The van der Waals surface area contributed by atoms with Crippen LogP contribution in [-0.2, 0) is 4.79 Å². The number of anilines is 2. The third-order valence-electron chi connectivity index (χ3n) is 5.73. The lowest BCUT2D eigenvalue weighted by molar-refractivity contribution is -0.117. The second-order valence-corrected chi connectivity index (χ2v) is 7.75. The van der Waals surface area contributed by atoms with Gasteiger partial charge in [0.25, 0.3) is 5.91 Å². The first-order chi connectivity index (χ1) is 15.0. The van der Waals surface area contributed by atoms with Crippen molar-refractivity contribution in [3.8, 4) is 6.07 Å². The number of rotatable bonds is 3. The van der Waals surface area contributed by atoms with Crippen LogP contribution in [0.2, 0.25) is 0 Å². The van der Waals surface area contributed by atoms with E-state index in [1.54, 1.807) is 36.1 Å². The highest BCUT2D eigenvalue weighted by atomic mass is 16.2. The lowest BCUT2D eigenvalue weighted by Crippen LogP contribution is -2.47. The van der Waals surface area contributed by atoms with Crippen LogP contribution in [-0.4, -0.2) is 17.9 Å². The lowest BCUT2D eigenvalue weighted by Gasteiger charge is -2.43. The first kappa shape index (κ1) is 20.4. The lowest BCUT2D eigenvalue weighted by atomic mass is 9.89. The van der Waals surface area contributed by atoms with Gasteiger partial charge in [0.05, 0.1) is 17.7 Å². The van der Waals surface area contributed by atoms with Crippen molar-refractivity contribution in [2.24, 2.45) is 0 Å². The molecule has 0 radical (unpaired) electrons. The van der Waals surface area contributed by atoms with Gasteiger partial charge in [-0.1, -0.05) is 36.4 Å². The molecular weight excluding hydrogens is 386 g/mol. The Bertz CT molecular complexity index is 1150. The Morgan fingerprint density at radius 2 is 1.61 bits per heavy atom. The summed E-state index contributed by atoms with van der Waals surface area (Å²) in [7, 11) is 0. The summed E-state index contributed by atoms with van der Waals surface area (Å²) >= 11 is 0. The molecule has 0 fully saturated rings. The fraction of sp³-hybridized carbons (Fsp3) is 0.192. The Morgan fingerprint density at radius 1 is 0.968 bits per heavy atom. The Labute approximate surface area is 182 Å². The smallest absolute Gasteiger partial charge is 0.258 e. The molecule has 1 aliphatic rings. The molecule has 154 valence electrons. The van der Waals surface area contributed by atoms with Crippen LogP contribution < -0.4 is 9.80 Å². The molecule has 4 rings (SSSR count). The number of carbonyl (C=O) groups excluding carboxylic acids is 2. The fourth-order valence-electron chi connectivity index (χ4n) is 4.33. The summed E-state index contributed by atoms with van der Waals surface area (Å²) in [5.74, 6) is -0.151. The van der Waals surface area contributed by atoms with Crippen molar-refractivity contribution >= 4 is 23.2 Å². The summed E-state index contributed by atoms with van der Waals surface area (Å²) in [6.07, 6.45) is 0.619. The minimum atomic E-state index is -0.170. The minimum absolute atomic E-state index is 0.0370. The highest BCUT2D eigenvalue weighted by molar-refractivity contribution is 6.07. The molecule has 0 aliphatic carbocycles. The van der Waals surface area contributed by atoms with Gasteiger partial charge in [0.15, 0.2) is 0 Å². The van der Waals surface area contributed by atoms with Crippen LogP contribution in [0.5, 0.6) is 0 Å². The van der Waals surface area contributed by atoms with E-state index in [0.717, 1.165) is 16.9 Å². The van der Waals surface area contributed by atoms with Crippen molar-refractivity contribution in [2.75, 3.05) is 9.80 Å². The molecular formula is C26H23N3O2. The summed E-state index contributed by atoms with van der Waals surface area (Å²) in [6, 6.07) is 25.9. The number of nitriles is 1. The number of nitrogens with zero attached hydrogens (tertiary/aromatic N) is 3. The average molecular weight is 409 g/mol. The first-order valence-electron chi connectivity index (χ1n) is 10.3. The minimum Gasteiger partial charge on any atom is -0.305 e. The molecule has 31 heavy (non-hydrogen) atoms. The first-order valence-corrected chi connectivity index (χ1v) is 10.3. The Morgan fingerprint density at radius 3 is 2.26 bits per heavy atom. The van der Waals surface area contributed by atoms with Crippen molar-refractivity contribution in [1.82, 2.24) is 0 Å². The van der Waals surface area contributed by atoms with E-state index in [-0.39, 0.29) is 23.9 Å². The predicted octanol–water partition coefficient (Wildman–Crippen LogP) is 5.09. The van der Waals surface area contributed by atoms with E-state index in [2.05, 4.69) is 6.07 Å². The maximum Gasteiger partial charge on any atom is 0.258 e. The van der Waals surface area contributed by atoms with Crippen molar-refractivity contribution in [3.63, 3.8) is 0 Å². The molecule has 0 unspecified atom stereocenters. The molecule has 0 saturated carbocycles. The van der Waals surface area contributed by atoms with Crippen molar-refractivity contribution in [2.45, 2.75) is 32.4 Å². The van der Waals surface area contributed by atoms with E-state index in [1.165, 1.54) is 0 Å². The molecule has 3 aromatic rings. The maximum atomic E-state index is 13.4. The molecule has 0 aromatic heterocycles. The van der Waals surface area contributed by atoms with E-state index >= 15 is 0 Å².